The van der Waals surface area contributed by atoms with E-state index in [1.54, 1.807) is 23.4 Å². The number of nitrogens with one attached hydrogen (secondary N) is 1. The highest BCUT2D eigenvalue weighted by atomic mass is 35.5. The third-order valence-electron chi connectivity index (χ3n) is 4.36. The first-order valence-electron chi connectivity index (χ1n) is 9.17. The number of anilines is 2. The van der Waals surface area contributed by atoms with Gasteiger partial charge in [0.1, 0.15) is 10.8 Å². The van der Waals surface area contributed by atoms with Crippen molar-refractivity contribution >= 4 is 29.1 Å². The Morgan fingerprint density at radius 3 is 2.74 bits per heavy atom. The molecule has 0 saturated carbocycles. The lowest BCUT2D eigenvalue weighted by Crippen LogP contribution is -2.42. The predicted octanol–water partition coefficient (Wildman–Crippen LogP) is 4.32. The maximum absolute atomic E-state index is 12.1. The molecule has 3 rings (SSSR count). The number of carbonyl (C=O) groups excluding carboxylic acids is 1. The van der Waals surface area contributed by atoms with E-state index in [0.717, 1.165) is 43.9 Å². The van der Waals surface area contributed by atoms with Gasteiger partial charge in [-0.05, 0) is 51.7 Å². The van der Waals surface area contributed by atoms with Crippen LogP contribution in [-0.4, -0.2) is 44.4 Å². The molecule has 0 bridgehead atoms. The lowest BCUT2D eigenvalue weighted by Gasteiger charge is -2.33. The molecule has 3 heterocycles. The van der Waals surface area contributed by atoms with E-state index in [4.69, 9.17) is 16.3 Å². The maximum atomic E-state index is 12.1. The van der Waals surface area contributed by atoms with Crippen LogP contribution in [0, 0.1) is 5.92 Å². The first kappa shape index (κ1) is 19.5. The average molecular weight is 392 g/mol. The standard InChI is InChI=1S/C19H26ClN5O2/c1-19(2,3)27-18(26)24-8-5-14(6-9-24)12-25-13-16(11-22-25)23-15-4-7-21-17(20)10-15/h4,7,10-11,13-14H,5-6,8-9,12H2,1-3H3,(H,21,23). The van der Waals surface area contributed by atoms with Gasteiger partial charge in [-0.25, -0.2) is 9.78 Å². The number of likely N-dealkylation sites (tertiary alicyclic amines) is 1. The number of pyridine rings is 1. The minimum atomic E-state index is -0.453. The van der Waals surface area contributed by atoms with Crippen molar-refractivity contribution in [1.82, 2.24) is 19.7 Å². The highest BCUT2D eigenvalue weighted by Crippen LogP contribution is 2.22. The number of hydrogen-bond acceptors (Lipinski definition) is 5. The zero-order valence-electron chi connectivity index (χ0n) is 16.0. The molecule has 7 nitrogen and oxygen atoms in total. The van der Waals surface area contributed by atoms with Crippen molar-refractivity contribution in [2.75, 3.05) is 18.4 Å². The van der Waals surface area contributed by atoms with E-state index >= 15 is 0 Å². The van der Waals surface area contributed by atoms with Crippen molar-refractivity contribution in [3.63, 3.8) is 0 Å². The molecule has 0 radical (unpaired) electrons. The summed E-state index contributed by atoms with van der Waals surface area (Å²) < 4.78 is 7.39. The number of amides is 1. The van der Waals surface area contributed by atoms with E-state index in [1.807, 2.05) is 37.7 Å². The van der Waals surface area contributed by atoms with E-state index < -0.39 is 5.60 Å². The molecule has 0 unspecified atom stereocenters. The summed E-state index contributed by atoms with van der Waals surface area (Å²) in [6.45, 7) is 7.95. The van der Waals surface area contributed by atoms with Crippen molar-refractivity contribution in [2.45, 2.75) is 45.8 Å². The van der Waals surface area contributed by atoms with Gasteiger partial charge in [0.25, 0.3) is 0 Å². The number of halogens is 1. The van der Waals surface area contributed by atoms with Gasteiger partial charge in [-0.2, -0.15) is 5.10 Å². The number of piperidine rings is 1. The molecule has 1 fully saturated rings. The van der Waals surface area contributed by atoms with Gasteiger partial charge < -0.3 is 15.0 Å². The molecule has 146 valence electrons. The molecule has 1 N–H and O–H groups in total. The topological polar surface area (TPSA) is 72.3 Å². The second kappa shape index (κ2) is 8.17. The number of rotatable bonds is 4. The Bertz CT molecular complexity index is 778. The maximum Gasteiger partial charge on any atom is 0.410 e. The van der Waals surface area contributed by atoms with Crippen LogP contribution in [0.1, 0.15) is 33.6 Å². The van der Waals surface area contributed by atoms with E-state index in [9.17, 15) is 4.79 Å². The van der Waals surface area contributed by atoms with Gasteiger partial charge in [-0.15, -0.1) is 0 Å². The molecule has 1 aliphatic heterocycles. The summed E-state index contributed by atoms with van der Waals surface area (Å²) in [5.74, 6) is 0.492. The Hall–Kier alpha value is -2.28. The summed E-state index contributed by atoms with van der Waals surface area (Å²) in [4.78, 5) is 17.9. The average Bonchev–Trinajstić information content (AvgIpc) is 3.01. The van der Waals surface area contributed by atoms with Gasteiger partial charge in [0.05, 0.1) is 11.9 Å². The molecule has 0 atom stereocenters. The van der Waals surface area contributed by atoms with Crippen LogP contribution < -0.4 is 5.32 Å². The smallest absolute Gasteiger partial charge is 0.410 e. The highest BCUT2D eigenvalue weighted by Gasteiger charge is 2.27. The summed E-state index contributed by atoms with van der Waals surface area (Å²) in [5, 5.41) is 8.15. The number of hydrogen-bond donors (Lipinski definition) is 1. The lowest BCUT2D eigenvalue weighted by atomic mass is 9.97. The molecule has 0 spiro atoms. The van der Waals surface area contributed by atoms with Crippen molar-refractivity contribution in [3.05, 3.63) is 35.9 Å². The number of aromatic nitrogens is 3. The van der Waals surface area contributed by atoms with Crippen molar-refractivity contribution in [2.24, 2.45) is 5.92 Å². The van der Waals surface area contributed by atoms with Gasteiger partial charge in [0.2, 0.25) is 0 Å². The molecule has 1 amide bonds. The van der Waals surface area contributed by atoms with E-state index in [0.29, 0.717) is 11.1 Å². The molecule has 1 saturated heterocycles. The van der Waals surface area contributed by atoms with Crippen LogP contribution in [0.5, 0.6) is 0 Å². The van der Waals surface area contributed by atoms with Crippen LogP contribution in [0.25, 0.3) is 0 Å². The minimum Gasteiger partial charge on any atom is -0.444 e. The number of ether oxygens (including phenoxy) is 1. The SMILES string of the molecule is CC(C)(C)OC(=O)N1CCC(Cn2cc(Nc3ccnc(Cl)c3)cn2)CC1. The Kier molecular flexibility index (Phi) is 5.89. The predicted molar refractivity (Wildman–Crippen MR) is 105 cm³/mol. The Morgan fingerprint density at radius 2 is 2.07 bits per heavy atom. The molecule has 27 heavy (non-hydrogen) atoms. The molecule has 2 aromatic heterocycles. The zero-order chi connectivity index (χ0) is 19.4. The van der Waals surface area contributed by atoms with Crippen molar-refractivity contribution in [3.8, 4) is 0 Å². The Balaban J connectivity index is 1.48. The van der Waals surface area contributed by atoms with Gasteiger partial charge in [-0.1, -0.05) is 11.6 Å². The zero-order valence-corrected chi connectivity index (χ0v) is 16.7. The monoisotopic (exact) mass is 391 g/mol. The summed E-state index contributed by atoms with van der Waals surface area (Å²) in [6.07, 6.45) is 7.11. The van der Waals surface area contributed by atoms with E-state index in [1.165, 1.54) is 0 Å². The van der Waals surface area contributed by atoms with Crippen LogP contribution in [0.15, 0.2) is 30.7 Å². The Morgan fingerprint density at radius 1 is 1.33 bits per heavy atom. The van der Waals surface area contributed by atoms with Gasteiger partial charge in [0.15, 0.2) is 0 Å². The van der Waals surface area contributed by atoms with Gasteiger partial charge >= 0.3 is 6.09 Å². The summed E-state index contributed by atoms with van der Waals surface area (Å²) >= 11 is 5.91. The molecule has 1 aliphatic rings. The largest absolute Gasteiger partial charge is 0.444 e. The van der Waals surface area contributed by atoms with Crippen LogP contribution in [0.4, 0.5) is 16.2 Å². The molecule has 0 aromatic carbocycles. The fraction of sp³-hybridized carbons (Fsp3) is 0.526. The Labute approximate surface area is 164 Å². The number of nitrogens with zero attached hydrogens (tertiary/aromatic N) is 4. The fourth-order valence-corrected chi connectivity index (χ4v) is 3.24. The van der Waals surface area contributed by atoms with E-state index in [2.05, 4.69) is 15.4 Å². The van der Waals surface area contributed by atoms with Crippen LogP contribution in [0.3, 0.4) is 0 Å². The molecule has 0 aliphatic carbocycles. The number of carbonyl (C=O) groups is 1. The van der Waals surface area contributed by atoms with Gasteiger partial charge in [0, 0.05) is 37.7 Å². The molecule has 2 aromatic rings. The van der Waals surface area contributed by atoms with Crippen LogP contribution >= 0.6 is 11.6 Å². The third-order valence-corrected chi connectivity index (χ3v) is 4.57. The normalized spacial score (nSPS) is 15.6. The van der Waals surface area contributed by atoms with Crippen LogP contribution in [-0.2, 0) is 11.3 Å². The highest BCUT2D eigenvalue weighted by molar-refractivity contribution is 6.29. The molecular formula is C19H26ClN5O2. The summed E-state index contributed by atoms with van der Waals surface area (Å²) in [5.41, 5.74) is 1.33. The van der Waals surface area contributed by atoms with Crippen LogP contribution in [0.2, 0.25) is 5.15 Å². The first-order chi connectivity index (χ1) is 12.8. The second-order valence-electron chi connectivity index (χ2n) is 7.85. The molecule has 8 heteroatoms. The second-order valence-corrected chi connectivity index (χ2v) is 8.24. The molecular weight excluding hydrogens is 366 g/mol. The summed E-state index contributed by atoms with van der Waals surface area (Å²) in [6, 6.07) is 3.63. The minimum absolute atomic E-state index is 0.220. The first-order valence-corrected chi connectivity index (χ1v) is 9.55. The van der Waals surface area contributed by atoms with Crippen molar-refractivity contribution in [1.29, 1.82) is 0 Å². The third kappa shape index (κ3) is 5.85. The van der Waals surface area contributed by atoms with E-state index in [-0.39, 0.29) is 6.09 Å². The quantitative estimate of drug-likeness (QED) is 0.785. The van der Waals surface area contributed by atoms with Gasteiger partial charge in [-0.3, -0.25) is 4.68 Å². The summed E-state index contributed by atoms with van der Waals surface area (Å²) in [7, 11) is 0. The fourth-order valence-electron chi connectivity index (χ4n) is 3.06. The lowest BCUT2D eigenvalue weighted by molar-refractivity contribution is 0.0177. The van der Waals surface area contributed by atoms with Crippen molar-refractivity contribution < 1.29 is 9.53 Å².